The molecule has 6 heteroatoms. The molecule has 1 saturated heterocycles. The predicted molar refractivity (Wildman–Crippen MR) is 74.4 cm³/mol. The fourth-order valence-corrected chi connectivity index (χ4v) is 2.11. The molecule has 0 saturated carbocycles. The second-order valence-electron chi connectivity index (χ2n) is 4.89. The Morgan fingerprint density at radius 1 is 1.60 bits per heavy atom. The summed E-state index contributed by atoms with van der Waals surface area (Å²) >= 11 is 0. The van der Waals surface area contributed by atoms with Crippen molar-refractivity contribution in [3.63, 3.8) is 0 Å². The number of aliphatic hydroxyl groups is 1. The molecule has 0 aromatic heterocycles. The zero-order valence-corrected chi connectivity index (χ0v) is 11.5. The van der Waals surface area contributed by atoms with E-state index in [1.807, 2.05) is 6.92 Å². The number of amides is 1. The van der Waals surface area contributed by atoms with Crippen LogP contribution in [0.4, 0.5) is 5.69 Å². The lowest BCUT2D eigenvalue weighted by Crippen LogP contribution is -2.53. The number of rotatable bonds is 4. The Kier molecular flexibility index (Phi) is 4.81. The molecule has 1 heterocycles. The highest BCUT2D eigenvalue weighted by Gasteiger charge is 2.29. The van der Waals surface area contributed by atoms with Gasteiger partial charge in [-0.3, -0.25) is 4.79 Å². The first-order valence-electron chi connectivity index (χ1n) is 6.60. The number of carbonyl (C=O) groups excluding carboxylic acids is 1. The van der Waals surface area contributed by atoms with Gasteiger partial charge >= 0.3 is 0 Å². The van der Waals surface area contributed by atoms with Gasteiger partial charge in [0, 0.05) is 18.3 Å². The quantitative estimate of drug-likeness (QED) is 0.773. The Bertz CT molecular complexity index is 466. The van der Waals surface area contributed by atoms with Crippen LogP contribution in [-0.4, -0.2) is 54.4 Å². The Morgan fingerprint density at radius 3 is 3.10 bits per heavy atom. The summed E-state index contributed by atoms with van der Waals surface area (Å²) in [5.74, 6) is 0.444. The second-order valence-corrected chi connectivity index (χ2v) is 4.89. The number of hydrogen-bond acceptors (Lipinski definition) is 5. The summed E-state index contributed by atoms with van der Waals surface area (Å²) in [4.78, 5) is 13.8. The summed E-state index contributed by atoms with van der Waals surface area (Å²) in [6.45, 7) is 2.58. The van der Waals surface area contributed by atoms with Crippen LogP contribution in [0.5, 0.6) is 5.75 Å². The van der Waals surface area contributed by atoms with E-state index in [0.29, 0.717) is 24.6 Å². The van der Waals surface area contributed by atoms with E-state index >= 15 is 0 Å². The van der Waals surface area contributed by atoms with E-state index in [1.54, 1.807) is 29.2 Å². The molecule has 0 radical (unpaired) electrons. The maximum Gasteiger partial charge on any atom is 0.260 e. The molecule has 0 bridgehead atoms. The first-order valence-corrected chi connectivity index (χ1v) is 6.60. The molecule has 2 unspecified atom stereocenters. The fourth-order valence-electron chi connectivity index (χ4n) is 2.11. The Morgan fingerprint density at radius 2 is 2.40 bits per heavy atom. The van der Waals surface area contributed by atoms with Gasteiger partial charge in [0.05, 0.1) is 25.4 Å². The third kappa shape index (κ3) is 3.61. The van der Waals surface area contributed by atoms with Crippen molar-refractivity contribution in [1.82, 2.24) is 4.90 Å². The molecular weight excluding hydrogens is 260 g/mol. The average Bonchev–Trinajstić information content (AvgIpc) is 2.45. The monoisotopic (exact) mass is 280 g/mol. The maximum atomic E-state index is 12.2. The van der Waals surface area contributed by atoms with Crippen LogP contribution in [0.3, 0.4) is 0 Å². The molecule has 2 rings (SSSR count). The summed E-state index contributed by atoms with van der Waals surface area (Å²) in [6.07, 6.45) is -0.317. The van der Waals surface area contributed by atoms with Crippen LogP contribution < -0.4 is 10.5 Å². The third-order valence-corrected chi connectivity index (χ3v) is 3.25. The number of anilines is 1. The molecule has 1 amide bonds. The number of hydrogen-bond donors (Lipinski definition) is 2. The minimum Gasteiger partial charge on any atom is -0.484 e. The lowest BCUT2D eigenvalue weighted by atomic mass is 10.2. The van der Waals surface area contributed by atoms with Crippen molar-refractivity contribution in [1.29, 1.82) is 0 Å². The van der Waals surface area contributed by atoms with Gasteiger partial charge in [-0.25, -0.2) is 0 Å². The van der Waals surface area contributed by atoms with Gasteiger partial charge < -0.3 is 25.2 Å². The highest BCUT2D eigenvalue weighted by Crippen LogP contribution is 2.16. The predicted octanol–water partition coefficient (Wildman–Crippen LogP) is 0.256. The van der Waals surface area contributed by atoms with Crippen molar-refractivity contribution in [2.45, 2.75) is 19.1 Å². The van der Waals surface area contributed by atoms with Crippen LogP contribution in [0.1, 0.15) is 6.92 Å². The molecule has 20 heavy (non-hydrogen) atoms. The summed E-state index contributed by atoms with van der Waals surface area (Å²) in [5.41, 5.74) is 6.24. The summed E-state index contributed by atoms with van der Waals surface area (Å²) < 4.78 is 10.8. The number of nitrogens with two attached hydrogens (primary N) is 1. The molecule has 3 N–H and O–H groups in total. The van der Waals surface area contributed by atoms with Gasteiger partial charge in [-0.2, -0.15) is 0 Å². The molecule has 1 aromatic carbocycles. The van der Waals surface area contributed by atoms with Crippen molar-refractivity contribution in [2.24, 2.45) is 0 Å². The maximum absolute atomic E-state index is 12.2. The normalized spacial score (nSPS) is 22.6. The zero-order valence-electron chi connectivity index (χ0n) is 11.5. The van der Waals surface area contributed by atoms with E-state index in [9.17, 15) is 4.79 Å². The second kappa shape index (κ2) is 6.58. The van der Waals surface area contributed by atoms with Crippen LogP contribution in [0.2, 0.25) is 0 Å². The van der Waals surface area contributed by atoms with Crippen molar-refractivity contribution in [3.8, 4) is 5.75 Å². The lowest BCUT2D eigenvalue weighted by Gasteiger charge is -2.37. The number of benzene rings is 1. The van der Waals surface area contributed by atoms with E-state index in [0.717, 1.165) is 0 Å². The lowest BCUT2D eigenvalue weighted by molar-refractivity contribution is -0.148. The summed E-state index contributed by atoms with van der Waals surface area (Å²) in [6, 6.07) is 6.93. The van der Waals surface area contributed by atoms with Crippen molar-refractivity contribution in [2.75, 3.05) is 32.1 Å². The van der Waals surface area contributed by atoms with E-state index < -0.39 is 0 Å². The number of carbonyl (C=O) groups is 1. The van der Waals surface area contributed by atoms with Gasteiger partial charge in [-0.05, 0) is 19.1 Å². The zero-order chi connectivity index (χ0) is 14.5. The molecule has 1 aromatic rings. The molecule has 0 spiro atoms. The van der Waals surface area contributed by atoms with Crippen LogP contribution in [-0.2, 0) is 9.53 Å². The Balaban J connectivity index is 1.90. The van der Waals surface area contributed by atoms with E-state index in [1.165, 1.54) is 0 Å². The van der Waals surface area contributed by atoms with Gasteiger partial charge in [0.15, 0.2) is 6.61 Å². The van der Waals surface area contributed by atoms with Gasteiger partial charge in [0.25, 0.3) is 5.91 Å². The van der Waals surface area contributed by atoms with Crippen LogP contribution in [0.15, 0.2) is 24.3 Å². The molecule has 6 nitrogen and oxygen atoms in total. The van der Waals surface area contributed by atoms with Crippen molar-refractivity contribution in [3.05, 3.63) is 24.3 Å². The van der Waals surface area contributed by atoms with Gasteiger partial charge in [-0.1, -0.05) is 6.07 Å². The average molecular weight is 280 g/mol. The van der Waals surface area contributed by atoms with Crippen LogP contribution in [0.25, 0.3) is 0 Å². The summed E-state index contributed by atoms with van der Waals surface area (Å²) in [5, 5.41) is 9.11. The summed E-state index contributed by atoms with van der Waals surface area (Å²) in [7, 11) is 0. The number of nitrogens with zero attached hydrogens (tertiary/aromatic N) is 1. The number of aliphatic hydroxyl groups excluding tert-OH is 1. The minimum atomic E-state index is -0.317. The number of ether oxygens (including phenoxy) is 2. The third-order valence-electron chi connectivity index (χ3n) is 3.25. The van der Waals surface area contributed by atoms with Gasteiger partial charge in [0.2, 0.25) is 0 Å². The Labute approximate surface area is 118 Å². The SMILES string of the molecule is CC1COC(CO)CN1C(=O)COc1cccc(N)c1. The highest BCUT2D eigenvalue weighted by molar-refractivity contribution is 5.78. The first kappa shape index (κ1) is 14.6. The number of morpholine rings is 1. The number of nitrogen functional groups attached to an aromatic ring is 1. The molecular formula is C14H20N2O4. The largest absolute Gasteiger partial charge is 0.484 e. The Hall–Kier alpha value is -1.79. The van der Waals surface area contributed by atoms with Crippen molar-refractivity contribution >= 4 is 11.6 Å². The topological polar surface area (TPSA) is 85.0 Å². The molecule has 2 atom stereocenters. The van der Waals surface area contributed by atoms with E-state index in [-0.39, 0.29) is 31.3 Å². The van der Waals surface area contributed by atoms with Gasteiger partial charge in [-0.15, -0.1) is 0 Å². The van der Waals surface area contributed by atoms with Crippen LogP contribution in [0, 0.1) is 0 Å². The van der Waals surface area contributed by atoms with Gasteiger partial charge in [0.1, 0.15) is 5.75 Å². The highest BCUT2D eigenvalue weighted by atomic mass is 16.5. The standard InChI is InChI=1S/C14H20N2O4/c1-10-8-19-13(7-17)6-16(10)14(18)9-20-12-4-2-3-11(15)5-12/h2-5,10,13,17H,6-9,15H2,1H3. The molecule has 0 aliphatic carbocycles. The fraction of sp³-hybridized carbons (Fsp3) is 0.500. The molecule has 110 valence electrons. The van der Waals surface area contributed by atoms with E-state index in [4.69, 9.17) is 20.3 Å². The first-order chi connectivity index (χ1) is 9.60. The van der Waals surface area contributed by atoms with E-state index in [2.05, 4.69) is 0 Å². The smallest absolute Gasteiger partial charge is 0.260 e. The molecule has 1 fully saturated rings. The molecule has 1 aliphatic rings. The minimum absolute atomic E-state index is 0.0188. The molecule has 1 aliphatic heterocycles. The van der Waals surface area contributed by atoms with Crippen LogP contribution >= 0.6 is 0 Å². The van der Waals surface area contributed by atoms with Crippen molar-refractivity contribution < 1.29 is 19.4 Å².